The number of hydrogen-bond donors (Lipinski definition) is 1. The van der Waals surface area contributed by atoms with Gasteiger partial charge in [0, 0.05) is 26.2 Å². The van der Waals surface area contributed by atoms with Gasteiger partial charge in [-0.15, -0.1) is 17.5 Å². The molecule has 0 radical (unpaired) electrons. The number of hydrogen-bond acceptors (Lipinski definition) is 6. The molecule has 0 spiro atoms. The topological polar surface area (TPSA) is 72.3 Å². The second kappa shape index (κ2) is 6.93. The third kappa shape index (κ3) is 3.59. The van der Waals surface area contributed by atoms with E-state index in [4.69, 9.17) is 0 Å². The van der Waals surface area contributed by atoms with Crippen LogP contribution in [0.15, 0.2) is 6.20 Å². The summed E-state index contributed by atoms with van der Waals surface area (Å²) < 4.78 is 6.47. The fraction of sp³-hybridized carbons (Fsp3) is 0.786. The summed E-state index contributed by atoms with van der Waals surface area (Å²) >= 11 is 0. The van der Waals surface area contributed by atoms with Crippen LogP contribution in [0.2, 0.25) is 0 Å². The van der Waals surface area contributed by atoms with Crippen LogP contribution in [-0.2, 0) is 4.74 Å². The first-order valence-corrected chi connectivity index (χ1v) is 7.53. The number of ether oxygens (including phenoxy) is 1. The maximum absolute atomic E-state index is 11.4. The van der Waals surface area contributed by atoms with Gasteiger partial charge in [-0.3, -0.25) is 0 Å². The van der Waals surface area contributed by atoms with Gasteiger partial charge in [0.2, 0.25) is 0 Å². The van der Waals surface area contributed by atoms with Crippen molar-refractivity contribution in [3.05, 3.63) is 11.9 Å². The highest BCUT2D eigenvalue weighted by atomic mass is 35.5. The van der Waals surface area contributed by atoms with Crippen LogP contribution in [0.25, 0.3) is 0 Å². The molecule has 2 aliphatic heterocycles. The van der Waals surface area contributed by atoms with E-state index in [1.165, 1.54) is 13.5 Å². The second-order valence-electron chi connectivity index (χ2n) is 6.49. The standard InChI is InChI=1S/C14H23N5O2.ClH/c1-14(4-5-15-9-14)10-18-6-3-11(7-18)19-8-12(16-17-19)13(20)21-2;/h8,11,15H,3-7,9-10H2,1-2H3;1H. The van der Waals surface area contributed by atoms with Crippen LogP contribution in [0.1, 0.15) is 36.3 Å². The van der Waals surface area contributed by atoms with Gasteiger partial charge < -0.3 is 15.0 Å². The Balaban J connectivity index is 0.00000176. The first kappa shape index (κ1) is 17.2. The molecule has 1 aromatic heterocycles. The van der Waals surface area contributed by atoms with Gasteiger partial charge in [0.05, 0.1) is 19.3 Å². The van der Waals surface area contributed by atoms with E-state index in [1.807, 2.05) is 4.68 Å². The van der Waals surface area contributed by atoms with E-state index < -0.39 is 5.97 Å². The lowest BCUT2D eigenvalue weighted by Crippen LogP contribution is -2.36. The monoisotopic (exact) mass is 329 g/mol. The van der Waals surface area contributed by atoms with Gasteiger partial charge in [-0.2, -0.15) is 0 Å². The first-order chi connectivity index (χ1) is 10.1. The van der Waals surface area contributed by atoms with E-state index in [-0.39, 0.29) is 18.1 Å². The Labute approximate surface area is 136 Å². The highest BCUT2D eigenvalue weighted by molar-refractivity contribution is 5.86. The molecule has 2 fully saturated rings. The molecule has 124 valence electrons. The van der Waals surface area contributed by atoms with Crippen molar-refractivity contribution in [3.8, 4) is 0 Å². The lowest BCUT2D eigenvalue weighted by Gasteiger charge is -2.29. The second-order valence-corrected chi connectivity index (χ2v) is 6.49. The summed E-state index contributed by atoms with van der Waals surface area (Å²) in [6.45, 7) is 7.75. The number of aromatic nitrogens is 3. The Morgan fingerprint density at radius 2 is 2.41 bits per heavy atom. The third-order valence-electron chi connectivity index (χ3n) is 4.59. The molecule has 3 heterocycles. The normalized spacial score (nSPS) is 28.5. The molecule has 0 aliphatic carbocycles. The smallest absolute Gasteiger partial charge is 0.360 e. The predicted molar refractivity (Wildman–Crippen MR) is 84.3 cm³/mol. The molecule has 2 atom stereocenters. The third-order valence-corrected chi connectivity index (χ3v) is 4.59. The van der Waals surface area contributed by atoms with Crippen molar-refractivity contribution >= 4 is 18.4 Å². The number of methoxy groups -OCH3 is 1. The maximum Gasteiger partial charge on any atom is 0.360 e. The van der Waals surface area contributed by atoms with E-state index >= 15 is 0 Å². The van der Waals surface area contributed by atoms with Crippen molar-refractivity contribution in [3.63, 3.8) is 0 Å². The van der Waals surface area contributed by atoms with Crippen molar-refractivity contribution in [2.45, 2.75) is 25.8 Å². The lowest BCUT2D eigenvalue weighted by molar-refractivity contribution is 0.0594. The van der Waals surface area contributed by atoms with Gasteiger partial charge in [0.1, 0.15) is 0 Å². The van der Waals surface area contributed by atoms with Crippen LogP contribution < -0.4 is 5.32 Å². The summed E-state index contributed by atoms with van der Waals surface area (Å²) in [5.74, 6) is -0.430. The predicted octanol–water partition coefficient (Wildman–Crippen LogP) is 0.733. The van der Waals surface area contributed by atoms with E-state index in [9.17, 15) is 4.79 Å². The molecule has 0 aromatic carbocycles. The van der Waals surface area contributed by atoms with E-state index in [0.29, 0.717) is 11.5 Å². The number of nitrogens with zero attached hydrogens (tertiary/aromatic N) is 4. The van der Waals surface area contributed by atoms with Crippen LogP contribution in [0.3, 0.4) is 0 Å². The van der Waals surface area contributed by atoms with E-state index in [0.717, 1.165) is 39.1 Å². The summed E-state index contributed by atoms with van der Waals surface area (Å²) in [4.78, 5) is 13.9. The van der Waals surface area contributed by atoms with Crippen molar-refractivity contribution in [1.82, 2.24) is 25.2 Å². The minimum atomic E-state index is -0.430. The van der Waals surface area contributed by atoms with Crippen LogP contribution in [0, 0.1) is 5.41 Å². The zero-order valence-corrected chi connectivity index (χ0v) is 13.9. The molecular weight excluding hydrogens is 306 g/mol. The average molecular weight is 330 g/mol. The molecule has 1 N–H and O–H groups in total. The zero-order valence-electron chi connectivity index (χ0n) is 13.1. The molecule has 0 saturated carbocycles. The number of halogens is 1. The molecule has 3 rings (SSSR count). The van der Waals surface area contributed by atoms with Crippen LogP contribution >= 0.6 is 12.4 Å². The van der Waals surface area contributed by atoms with Crippen LogP contribution in [0.4, 0.5) is 0 Å². The molecule has 0 amide bonds. The molecule has 0 bridgehead atoms. The minimum Gasteiger partial charge on any atom is -0.464 e. The Bertz CT molecular complexity index is 515. The van der Waals surface area contributed by atoms with Crippen LogP contribution in [0.5, 0.6) is 0 Å². The maximum atomic E-state index is 11.4. The average Bonchev–Trinajstić information content (AvgIpc) is 3.18. The summed E-state index contributed by atoms with van der Waals surface area (Å²) in [6.07, 6.45) is 3.98. The molecule has 2 saturated heterocycles. The fourth-order valence-electron chi connectivity index (χ4n) is 3.37. The highest BCUT2D eigenvalue weighted by Gasteiger charge is 2.34. The van der Waals surface area contributed by atoms with Crippen molar-refractivity contribution in [2.75, 3.05) is 39.8 Å². The van der Waals surface area contributed by atoms with E-state index in [1.54, 1.807) is 6.20 Å². The SMILES string of the molecule is COC(=O)c1cn(C2CCN(CC3(C)CCNC3)C2)nn1.Cl. The highest BCUT2D eigenvalue weighted by Crippen LogP contribution is 2.29. The number of likely N-dealkylation sites (tertiary alicyclic amines) is 1. The summed E-state index contributed by atoms with van der Waals surface area (Å²) in [5.41, 5.74) is 0.664. The Morgan fingerprint density at radius 1 is 1.59 bits per heavy atom. The fourth-order valence-corrected chi connectivity index (χ4v) is 3.37. The summed E-state index contributed by atoms with van der Waals surface area (Å²) in [6, 6.07) is 0.300. The molecule has 1 aromatic rings. The molecule has 22 heavy (non-hydrogen) atoms. The van der Waals surface area contributed by atoms with Gasteiger partial charge in [-0.25, -0.2) is 9.48 Å². The summed E-state index contributed by atoms with van der Waals surface area (Å²) in [7, 11) is 1.36. The lowest BCUT2D eigenvalue weighted by atomic mass is 9.89. The largest absolute Gasteiger partial charge is 0.464 e. The van der Waals surface area contributed by atoms with Crippen molar-refractivity contribution in [1.29, 1.82) is 0 Å². The molecular formula is C14H24ClN5O2. The number of esters is 1. The molecule has 7 nitrogen and oxygen atoms in total. The number of carbonyl (C=O) groups excluding carboxylic acids is 1. The van der Waals surface area contributed by atoms with Gasteiger partial charge in [0.25, 0.3) is 0 Å². The number of nitrogens with one attached hydrogen (secondary N) is 1. The minimum absolute atomic E-state index is 0. The van der Waals surface area contributed by atoms with Crippen LogP contribution in [-0.4, -0.2) is 65.7 Å². The van der Waals surface area contributed by atoms with Gasteiger partial charge in [0.15, 0.2) is 5.69 Å². The van der Waals surface area contributed by atoms with Crippen molar-refractivity contribution in [2.24, 2.45) is 5.41 Å². The zero-order chi connectivity index (χ0) is 14.9. The Kier molecular flexibility index (Phi) is 5.41. The van der Waals surface area contributed by atoms with Gasteiger partial charge in [-0.05, 0) is 24.8 Å². The molecule has 8 heteroatoms. The van der Waals surface area contributed by atoms with Gasteiger partial charge >= 0.3 is 5.97 Å². The van der Waals surface area contributed by atoms with Gasteiger partial charge in [-0.1, -0.05) is 12.1 Å². The Morgan fingerprint density at radius 3 is 3.09 bits per heavy atom. The number of rotatable bonds is 4. The quantitative estimate of drug-likeness (QED) is 0.821. The van der Waals surface area contributed by atoms with E-state index in [2.05, 4.69) is 32.2 Å². The molecule has 2 aliphatic rings. The first-order valence-electron chi connectivity index (χ1n) is 7.53. The molecule has 2 unspecified atom stereocenters. The Hall–Kier alpha value is -1.18. The summed E-state index contributed by atoms with van der Waals surface area (Å²) in [5, 5.41) is 11.4. The number of carbonyl (C=O) groups is 1. The van der Waals surface area contributed by atoms with Crippen molar-refractivity contribution < 1.29 is 9.53 Å².